The molecule has 0 unspecified atom stereocenters. The second kappa shape index (κ2) is 8.36. The lowest BCUT2D eigenvalue weighted by Gasteiger charge is -2.18. The lowest BCUT2D eigenvalue weighted by atomic mass is 9.98. The molecule has 4 heterocycles. The Bertz CT molecular complexity index is 1470. The van der Waals surface area contributed by atoms with Gasteiger partial charge in [0.1, 0.15) is 17.5 Å². The summed E-state index contributed by atoms with van der Waals surface area (Å²) < 4.78 is 45.0. The zero-order chi connectivity index (χ0) is 24.1. The zero-order valence-corrected chi connectivity index (χ0v) is 20.6. The van der Waals surface area contributed by atoms with Gasteiger partial charge in [-0.2, -0.15) is 12.7 Å². The summed E-state index contributed by atoms with van der Waals surface area (Å²) in [5.74, 6) is -0.690. The fourth-order valence-electron chi connectivity index (χ4n) is 3.84. The first-order valence-corrected chi connectivity index (χ1v) is 13.1. The zero-order valence-electron chi connectivity index (χ0n) is 19.0. The predicted molar refractivity (Wildman–Crippen MR) is 130 cm³/mol. The van der Waals surface area contributed by atoms with Crippen LogP contribution in [0.4, 0.5) is 10.1 Å². The van der Waals surface area contributed by atoms with Crippen LogP contribution in [0.15, 0.2) is 30.9 Å². The molecular weight excluding hydrogens is 477 g/mol. The minimum atomic E-state index is -3.85. The van der Waals surface area contributed by atoms with Gasteiger partial charge in [-0.1, -0.05) is 26.8 Å². The Morgan fingerprint density at radius 3 is 2.62 bits per heavy atom. The Hall–Kier alpha value is -2.96. The molecule has 9 nitrogen and oxygen atoms in total. The molecule has 0 spiro atoms. The second-order valence-electron chi connectivity index (χ2n) is 9.15. The molecular formula is C22H24FN7O2S2. The third-order valence-corrected chi connectivity index (χ3v) is 8.61. The van der Waals surface area contributed by atoms with Crippen LogP contribution in [0.1, 0.15) is 38.6 Å². The number of thiazole rings is 1. The van der Waals surface area contributed by atoms with Crippen LogP contribution in [0.5, 0.6) is 0 Å². The number of halogens is 1. The van der Waals surface area contributed by atoms with Gasteiger partial charge in [0.25, 0.3) is 0 Å². The number of benzene rings is 1. The first-order valence-electron chi connectivity index (χ1n) is 10.9. The van der Waals surface area contributed by atoms with E-state index in [0.717, 1.165) is 17.8 Å². The highest BCUT2D eigenvalue weighted by Crippen LogP contribution is 2.43. The van der Waals surface area contributed by atoms with Gasteiger partial charge in [-0.15, -0.1) is 11.3 Å². The summed E-state index contributed by atoms with van der Waals surface area (Å²) in [5, 5.41) is 0.794. The van der Waals surface area contributed by atoms with E-state index in [9.17, 15) is 8.42 Å². The van der Waals surface area contributed by atoms with E-state index in [1.165, 1.54) is 34.4 Å². The van der Waals surface area contributed by atoms with E-state index in [4.69, 9.17) is 4.98 Å². The molecule has 1 saturated heterocycles. The number of aromatic amines is 1. The molecule has 1 aliphatic heterocycles. The van der Waals surface area contributed by atoms with Gasteiger partial charge in [0.2, 0.25) is 0 Å². The van der Waals surface area contributed by atoms with Gasteiger partial charge in [0, 0.05) is 24.1 Å². The van der Waals surface area contributed by atoms with Gasteiger partial charge in [-0.3, -0.25) is 4.72 Å². The minimum Gasteiger partial charge on any atom is -0.329 e. The highest BCUT2D eigenvalue weighted by Gasteiger charge is 2.29. The van der Waals surface area contributed by atoms with Crippen LogP contribution in [0.25, 0.3) is 33.0 Å². The molecule has 0 radical (unpaired) electrons. The summed E-state index contributed by atoms with van der Waals surface area (Å²) in [7, 11) is -3.85. The molecule has 5 rings (SSSR count). The van der Waals surface area contributed by atoms with E-state index < -0.39 is 16.0 Å². The molecule has 0 aliphatic carbocycles. The average Bonchev–Trinajstić information content (AvgIpc) is 3.54. The first kappa shape index (κ1) is 22.8. The molecule has 12 heteroatoms. The van der Waals surface area contributed by atoms with Crippen molar-refractivity contribution in [2.24, 2.45) is 0 Å². The van der Waals surface area contributed by atoms with E-state index in [2.05, 4.69) is 24.7 Å². The predicted octanol–water partition coefficient (Wildman–Crippen LogP) is 4.33. The van der Waals surface area contributed by atoms with Crippen molar-refractivity contribution in [1.29, 1.82) is 0 Å². The summed E-state index contributed by atoms with van der Waals surface area (Å²) >= 11 is 1.41. The number of aromatic nitrogens is 5. The van der Waals surface area contributed by atoms with Crippen LogP contribution >= 0.6 is 11.3 Å². The minimum absolute atomic E-state index is 0.117. The Morgan fingerprint density at radius 1 is 1.12 bits per heavy atom. The van der Waals surface area contributed by atoms with Crippen molar-refractivity contribution >= 4 is 38.4 Å². The Morgan fingerprint density at radius 2 is 1.88 bits per heavy atom. The maximum absolute atomic E-state index is 15.8. The summed E-state index contributed by atoms with van der Waals surface area (Å²) in [6.07, 6.45) is 4.54. The number of hydrogen-bond donors (Lipinski definition) is 2. The van der Waals surface area contributed by atoms with E-state index >= 15 is 4.39 Å². The van der Waals surface area contributed by atoms with Gasteiger partial charge in [0.05, 0.1) is 27.6 Å². The topological polar surface area (TPSA) is 117 Å². The second-order valence-corrected chi connectivity index (χ2v) is 11.8. The van der Waals surface area contributed by atoms with Crippen molar-refractivity contribution in [3.63, 3.8) is 0 Å². The van der Waals surface area contributed by atoms with E-state index in [0.29, 0.717) is 40.5 Å². The van der Waals surface area contributed by atoms with Crippen LogP contribution in [-0.2, 0) is 15.6 Å². The number of imidazole rings is 1. The van der Waals surface area contributed by atoms with Crippen LogP contribution in [0.3, 0.4) is 0 Å². The lowest BCUT2D eigenvalue weighted by molar-refractivity contribution is 0.482. The maximum atomic E-state index is 15.8. The van der Waals surface area contributed by atoms with Crippen molar-refractivity contribution in [2.75, 3.05) is 17.8 Å². The highest BCUT2D eigenvalue weighted by atomic mass is 32.2. The van der Waals surface area contributed by atoms with Crippen molar-refractivity contribution in [2.45, 2.75) is 39.0 Å². The van der Waals surface area contributed by atoms with Crippen molar-refractivity contribution in [3.05, 3.63) is 41.7 Å². The third-order valence-electron chi connectivity index (χ3n) is 5.60. The quantitative estimate of drug-likeness (QED) is 0.420. The largest absolute Gasteiger partial charge is 0.329 e. The van der Waals surface area contributed by atoms with Gasteiger partial charge in [-0.05, 0) is 25.0 Å². The average molecular weight is 502 g/mol. The van der Waals surface area contributed by atoms with Gasteiger partial charge in [-0.25, -0.2) is 24.3 Å². The van der Waals surface area contributed by atoms with Crippen molar-refractivity contribution in [3.8, 4) is 21.8 Å². The van der Waals surface area contributed by atoms with Crippen LogP contribution in [-0.4, -0.2) is 50.7 Å². The number of fused-ring (bicyclic) bond motifs is 1. The summed E-state index contributed by atoms with van der Waals surface area (Å²) in [6.45, 7) is 6.94. The molecule has 1 aromatic carbocycles. The normalized spacial score (nSPS) is 15.3. The van der Waals surface area contributed by atoms with Crippen LogP contribution in [0, 0.1) is 5.82 Å². The molecule has 0 saturated carbocycles. The monoisotopic (exact) mass is 501 g/mol. The van der Waals surface area contributed by atoms with Gasteiger partial charge >= 0.3 is 10.2 Å². The number of nitrogens with zero attached hydrogens (tertiary/aromatic N) is 5. The first-order chi connectivity index (χ1) is 16.1. The highest BCUT2D eigenvalue weighted by molar-refractivity contribution is 7.90. The lowest BCUT2D eigenvalue weighted by Crippen LogP contribution is -2.33. The van der Waals surface area contributed by atoms with Crippen molar-refractivity contribution in [1.82, 2.24) is 29.2 Å². The number of H-pyrrole nitrogens is 1. The molecule has 0 atom stereocenters. The summed E-state index contributed by atoms with van der Waals surface area (Å²) in [5.41, 5.74) is 1.82. The van der Waals surface area contributed by atoms with Gasteiger partial charge in [0.15, 0.2) is 11.5 Å². The fourth-order valence-corrected chi connectivity index (χ4v) is 6.28. The van der Waals surface area contributed by atoms with Crippen LogP contribution in [0.2, 0.25) is 0 Å². The maximum Gasteiger partial charge on any atom is 0.301 e. The molecule has 34 heavy (non-hydrogen) atoms. The van der Waals surface area contributed by atoms with Crippen LogP contribution < -0.4 is 4.72 Å². The number of rotatable bonds is 5. The van der Waals surface area contributed by atoms with E-state index in [-0.39, 0.29) is 16.7 Å². The molecule has 3 aromatic heterocycles. The standard InChI is InChI=1S/C22H24FN7O2S2/c1-22(2,3)21-28-16(19(33-21)17-18-20(26-11-24-17)27-12-25-18)13-7-6-8-14(15(13)23)29-34(31,32)30-9-4-5-10-30/h6-8,11-12,29H,4-5,9-10H2,1-3H3,(H,24,25,26,27). The van der Waals surface area contributed by atoms with E-state index in [1.54, 1.807) is 12.1 Å². The fraction of sp³-hybridized carbons (Fsp3) is 0.364. The molecule has 178 valence electrons. The molecule has 0 amide bonds. The van der Waals surface area contributed by atoms with Crippen molar-refractivity contribution < 1.29 is 12.8 Å². The third kappa shape index (κ3) is 4.05. The Labute approximate surface area is 200 Å². The van der Waals surface area contributed by atoms with E-state index in [1.807, 2.05) is 20.8 Å². The Kier molecular flexibility index (Phi) is 5.61. The molecule has 1 aliphatic rings. The Balaban J connectivity index is 1.65. The SMILES string of the molecule is CC(C)(C)c1nc(-c2cccc(NS(=O)(=O)N3CCCC3)c2F)c(-c2ncnc3[nH]cnc23)s1. The molecule has 2 N–H and O–H groups in total. The number of hydrogen-bond acceptors (Lipinski definition) is 7. The smallest absolute Gasteiger partial charge is 0.301 e. The molecule has 1 fully saturated rings. The summed E-state index contributed by atoms with van der Waals surface area (Å²) in [6, 6.07) is 4.63. The van der Waals surface area contributed by atoms with Gasteiger partial charge < -0.3 is 4.98 Å². The summed E-state index contributed by atoms with van der Waals surface area (Å²) in [4.78, 5) is 21.4. The number of anilines is 1. The molecule has 4 aromatic rings. The molecule has 0 bridgehead atoms. The number of nitrogens with one attached hydrogen (secondary N) is 2.